The molecule has 0 unspecified atom stereocenters. The van der Waals surface area contributed by atoms with Crippen molar-refractivity contribution in [3.8, 4) is 22.8 Å². The minimum atomic E-state index is 0.279. The van der Waals surface area contributed by atoms with Crippen LogP contribution in [0.5, 0.6) is 11.5 Å². The molecule has 0 aliphatic carbocycles. The van der Waals surface area contributed by atoms with Crippen molar-refractivity contribution < 1.29 is 14.2 Å². The zero-order valence-electron chi connectivity index (χ0n) is 16.0. The highest BCUT2D eigenvalue weighted by atomic mass is 16.7. The summed E-state index contributed by atoms with van der Waals surface area (Å²) in [4.78, 5) is 11.7. The van der Waals surface area contributed by atoms with Crippen LogP contribution in [0.15, 0.2) is 54.6 Å². The van der Waals surface area contributed by atoms with Crippen molar-refractivity contribution in [3.05, 3.63) is 60.2 Å². The van der Waals surface area contributed by atoms with Gasteiger partial charge in [-0.3, -0.25) is 0 Å². The first-order valence-electron chi connectivity index (χ1n) is 9.75. The molecule has 1 saturated heterocycles. The molecule has 1 fully saturated rings. The number of hydrogen-bond acceptors (Lipinski definition) is 7. The summed E-state index contributed by atoms with van der Waals surface area (Å²) >= 11 is 0. The van der Waals surface area contributed by atoms with Crippen molar-refractivity contribution in [1.82, 2.24) is 9.97 Å². The summed E-state index contributed by atoms with van der Waals surface area (Å²) in [6, 6.07) is 18.1. The average Bonchev–Trinajstić information content (AvgIpc) is 3.27. The van der Waals surface area contributed by atoms with Crippen LogP contribution in [0.4, 0.5) is 11.8 Å². The second kappa shape index (κ2) is 7.97. The normalized spacial score (nSPS) is 15.4. The van der Waals surface area contributed by atoms with Gasteiger partial charge < -0.3 is 24.4 Å². The Balaban J connectivity index is 1.41. The van der Waals surface area contributed by atoms with Crippen LogP contribution >= 0.6 is 0 Å². The zero-order valence-corrected chi connectivity index (χ0v) is 16.0. The van der Waals surface area contributed by atoms with Gasteiger partial charge in [-0.1, -0.05) is 36.4 Å². The monoisotopic (exact) mass is 390 g/mol. The molecular weight excluding hydrogens is 368 g/mol. The molecule has 0 bridgehead atoms. The number of morpholine rings is 1. The minimum Gasteiger partial charge on any atom is -0.454 e. The van der Waals surface area contributed by atoms with Gasteiger partial charge in [-0.15, -0.1) is 0 Å². The number of hydrogen-bond donors (Lipinski definition) is 1. The molecule has 0 radical (unpaired) electrons. The lowest BCUT2D eigenvalue weighted by atomic mass is 10.1. The zero-order chi connectivity index (χ0) is 19.5. The third-order valence-electron chi connectivity index (χ3n) is 4.99. The fraction of sp³-hybridized carbons (Fsp3) is 0.273. The van der Waals surface area contributed by atoms with Gasteiger partial charge in [-0.2, -0.15) is 4.98 Å². The molecule has 3 aromatic rings. The number of rotatable bonds is 5. The third kappa shape index (κ3) is 3.95. The molecule has 1 aromatic heterocycles. The van der Waals surface area contributed by atoms with E-state index in [-0.39, 0.29) is 6.79 Å². The molecule has 0 atom stereocenters. The Kier molecular flexibility index (Phi) is 4.88. The Labute approximate surface area is 169 Å². The van der Waals surface area contributed by atoms with E-state index in [1.54, 1.807) is 0 Å². The van der Waals surface area contributed by atoms with Gasteiger partial charge in [0.1, 0.15) is 5.82 Å². The highest BCUT2D eigenvalue weighted by molar-refractivity contribution is 5.64. The molecule has 7 heteroatoms. The fourth-order valence-corrected chi connectivity index (χ4v) is 3.43. The van der Waals surface area contributed by atoms with E-state index in [1.165, 1.54) is 0 Å². The Hall–Kier alpha value is -3.32. The number of benzene rings is 2. The van der Waals surface area contributed by atoms with Crippen LogP contribution in [0.3, 0.4) is 0 Å². The summed E-state index contributed by atoms with van der Waals surface area (Å²) in [5, 5.41) is 3.44. The highest BCUT2D eigenvalue weighted by Crippen LogP contribution is 2.32. The second-order valence-corrected chi connectivity index (χ2v) is 6.95. The van der Waals surface area contributed by atoms with Gasteiger partial charge in [0.15, 0.2) is 11.5 Å². The smallest absolute Gasteiger partial charge is 0.231 e. The van der Waals surface area contributed by atoms with Crippen molar-refractivity contribution >= 4 is 11.8 Å². The van der Waals surface area contributed by atoms with E-state index in [2.05, 4.69) is 22.3 Å². The van der Waals surface area contributed by atoms with E-state index in [0.29, 0.717) is 19.8 Å². The molecule has 29 heavy (non-hydrogen) atoms. The lowest BCUT2D eigenvalue weighted by molar-refractivity contribution is 0.122. The number of anilines is 2. The number of ether oxygens (including phenoxy) is 3. The van der Waals surface area contributed by atoms with Crippen molar-refractivity contribution in [2.45, 2.75) is 6.54 Å². The Morgan fingerprint density at radius 1 is 0.897 bits per heavy atom. The van der Waals surface area contributed by atoms with Gasteiger partial charge in [-0.05, 0) is 17.7 Å². The van der Waals surface area contributed by atoms with Crippen molar-refractivity contribution in [1.29, 1.82) is 0 Å². The summed E-state index contributed by atoms with van der Waals surface area (Å²) < 4.78 is 16.3. The van der Waals surface area contributed by atoms with Crippen molar-refractivity contribution in [2.75, 3.05) is 43.3 Å². The fourth-order valence-electron chi connectivity index (χ4n) is 3.43. The first-order valence-corrected chi connectivity index (χ1v) is 9.75. The molecule has 2 aliphatic heterocycles. The maximum absolute atomic E-state index is 5.47. The summed E-state index contributed by atoms with van der Waals surface area (Å²) in [6.07, 6.45) is 0. The van der Waals surface area contributed by atoms with Crippen LogP contribution in [0.1, 0.15) is 5.56 Å². The van der Waals surface area contributed by atoms with Gasteiger partial charge in [-0.25, -0.2) is 4.98 Å². The van der Waals surface area contributed by atoms with Crippen molar-refractivity contribution in [3.63, 3.8) is 0 Å². The number of fused-ring (bicyclic) bond motifs is 1. The molecule has 148 valence electrons. The van der Waals surface area contributed by atoms with Crippen molar-refractivity contribution in [2.24, 2.45) is 0 Å². The van der Waals surface area contributed by atoms with E-state index >= 15 is 0 Å². The van der Waals surface area contributed by atoms with E-state index in [1.807, 2.05) is 42.5 Å². The van der Waals surface area contributed by atoms with Crippen LogP contribution in [0, 0.1) is 0 Å². The van der Waals surface area contributed by atoms with E-state index < -0.39 is 0 Å². The molecule has 5 rings (SSSR count). The number of nitrogens with zero attached hydrogens (tertiary/aromatic N) is 3. The standard InChI is InChI=1S/C22H22N4O3/c1-2-4-17(5-3-1)18-13-21(25-22(24-18)26-8-10-27-11-9-26)23-14-16-6-7-19-20(12-16)29-15-28-19/h1-7,12-13H,8-11,14-15H2,(H,23,24,25). The number of nitrogens with one attached hydrogen (secondary N) is 1. The van der Waals surface area contributed by atoms with E-state index in [4.69, 9.17) is 24.2 Å². The van der Waals surface area contributed by atoms with Gasteiger partial charge in [0.05, 0.1) is 18.9 Å². The Morgan fingerprint density at radius 2 is 1.72 bits per heavy atom. The minimum absolute atomic E-state index is 0.279. The maximum atomic E-state index is 5.47. The summed E-state index contributed by atoms with van der Waals surface area (Å²) in [5.41, 5.74) is 3.06. The summed E-state index contributed by atoms with van der Waals surface area (Å²) in [5.74, 6) is 3.09. The van der Waals surface area contributed by atoms with Crippen LogP contribution < -0.4 is 19.7 Å². The SMILES string of the molecule is c1ccc(-c2cc(NCc3ccc4c(c3)OCO4)nc(N3CCOCC3)n2)cc1. The molecule has 0 spiro atoms. The number of aromatic nitrogens is 2. The van der Waals surface area contributed by atoms with Gasteiger partial charge in [0, 0.05) is 31.3 Å². The van der Waals surface area contributed by atoms with Gasteiger partial charge >= 0.3 is 0 Å². The molecule has 0 saturated carbocycles. The van der Waals surface area contributed by atoms with E-state index in [0.717, 1.165) is 53.2 Å². The predicted octanol–water partition coefficient (Wildman–Crippen LogP) is 3.32. The van der Waals surface area contributed by atoms with Crippen LogP contribution in [0.2, 0.25) is 0 Å². The topological polar surface area (TPSA) is 68.7 Å². The molecule has 2 aromatic carbocycles. The molecular formula is C22H22N4O3. The lowest BCUT2D eigenvalue weighted by Gasteiger charge is -2.27. The summed E-state index contributed by atoms with van der Waals surface area (Å²) in [7, 11) is 0. The van der Waals surface area contributed by atoms with Gasteiger partial charge in [0.2, 0.25) is 12.7 Å². The Morgan fingerprint density at radius 3 is 2.59 bits per heavy atom. The predicted molar refractivity (Wildman–Crippen MR) is 110 cm³/mol. The summed E-state index contributed by atoms with van der Waals surface area (Å²) in [6.45, 7) is 3.88. The Bertz CT molecular complexity index is 991. The first kappa shape index (κ1) is 17.8. The van der Waals surface area contributed by atoms with Crippen LogP contribution in [0.25, 0.3) is 11.3 Å². The molecule has 0 amide bonds. The lowest BCUT2D eigenvalue weighted by Crippen LogP contribution is -2.37. The van der Waals surface area contributed by atoms with Crippen LogP contribution in [-0.4, -0.2) is 43.1 Å². The largest absolute Gasteiger partial charge is 0.454 e. The first-order chi connectivity index (χ1) is 14.3. The average molecular weight is 390 g/mol. The molecule has 3 heterocycles. The molecule has 1 N–H and O–H groups in total. The second-order valence-electron chi connectivity index (χ2n) is 6.95. The van der Waals surface area contributed by atoms with E-state index in [9.17, 15) is 0 Å². The third-order valence-corrected chi connectivity index (χ3v) is 4.99. The van der Waals surface area contributed by atoms with Crippen LogP contribution in [-0.2, 0) is 11.3 Å². The molecule has 7 nitrogen and oxygen atoms in total. The quantitative estimate of drug-likeness (QED) is 0.717. The molecule has 2 aliphatic rings. The van der Waals surface area contributed by atoms with Gasteiger partial charge in [0.25, 0.3) is 0 Å². The highest BCUT2D eigenvalue weighted by Gasteiger charge is 2.17. The maximum Gasteiger partial charge on any atom is 0.231 e.